The quantitative estimate of drug-likeness (QED) is 0.786. The molecule has 1 atom stereocenters. The lowest BCUT2D eigenvalue weighted by Crippen LogP contribution is -2.44. The van der Waals surface area contributed by atoms with Gasteiger partial charge in [-0.3, -0.25) is 14.4 Å². The molecule has 31 heavy (non-hydrogen) atoms. The zero-order chi connectivity index (χ0) is 22.1. The van der Waals surface area contributed by atoms with Gasteiger partial charge in [-0.15, -0.1) is 0 Å². The molecule has 0 spiro atoms. The number of aromatic nitrogens is 1. The molecule has 164 valence electrons. The molecule has 3 heterocycles. The van der Waals surface area contributed by atoms with Gasteiger partial charge < -0.3 is 24.3 Å². The maximum absolute atomic E-state index is 14.4. The smallest absolute Gasteiger partial charge is 0.274 e. The summed E-state index contributed by atoms with van der Waals surface area (Å²) in [5, 5.41) is 2.59. The largest absolute Gasteiger partial charge is 0.494 e. The Labute approximate surface area is 178 Å². The molecule has 4 rings (SSSR count). The van der Waals surface area contributed by atoms with E-state index in [-0.39, 0.29) is 46.8 Å². The fourth-order valence-corrected chi connectivity index (χ4v) is 4.26. The minimum Gasteiger partial charge on any atom is -0.494 e. The van der Waals surface area contributed by atoms with Gasteiger partial charge in [-0.1, -0.05) is 12.1 Å². The second-order valence-electron chi connectivity index (χ2n) is 7.68. The normalized spacial score (nSPS) is 17.6. The molecular weight excluding hydrogens is 405 g/mol. The first-order valence-corrected chi connectivity index (χ1v) is 10.2. The van der Waals surface area contributed by atoms with E-state index in [0.29, 0.717) is 13.1 Å². The average Bonchev–Trinajstić information content (AvgIpc) is 3.00. The van der Waals surface area contributed by atoms with Gasteiger partial charge in [-0.25, -0.2) is 4.39 Å². The highest BCUT2D eigenvalue weighted by molar-refractivity contribution is 5.99. The maximum Gasteiger partial charge on any atom is 0.274 e. The molecule has 2 amide bonds. The number of nitrogens with one attached hydrogen (secondary N) is 1. The fourth-order valence-electron chi connectivity index (χ4n) is 4.26. The number of nitrogens with zero attached hydrogens (tertiary/aromatic N) is 2. The molecule has 0 aliphatic carbocycles. The van der Waals surface area contributed by atoms with E-state index in [4.69, 9.17) is 9.47 Å². The van der Waals surface area contributed by atoms with Crippen LogP contribution in [0.1, 0.15) is 51.7 Å². The summed E-state index contributed by atoms with van der Waals surface area (Å²) in [7, 11) is 2.67. The third kappa shape index (κ3) is 3.64. The molecule has 1 fully saturated rings. The molecule has 0 unspecified atom stereocenters. The van der Waals surface area contributed by atoms with Crippen molar-refractivity contribution < 1.29 is 23.5 Å². The molecule has 8 nitrogen and oxygen atoms in total. The summed E-state index contributed by atoms with van der Waals surface area (Å²) in [5.74, 6) is -1.57. The monoisotopic (exact) mass is 429 g/mol. The van der Waals surface area contributed by atoms with Crippen molar-refractivity contribution in [1.29, 1.82) is 0 Å². The number of pyridine rings is 1. The number of carbonyl (C=O) groups is 2. The van der Waals surface area contributed by atoms with Gasteiger partial charge in [-0.2, -0.15) is 0 Å². The Morgan fingerprint density at radius 3 is 2.77 bits per heavy atom. The van der Waals surface area contributed by atoms with Gasteiger partial charge >= 0.3 is 0 Å². The van der Waals surface area contributed by atoms with Crippen LogP contribution >= 0.6 is 0 Å². The van der Waals surface area contributed by atoms with Crippen LogP contribution in [0.2, 0.25) is 0 Å². The molecule has 2 aliphatic heterocycles. The maximum atomic E-state index is 14.4. The molecule has 0 saturated carbocycles. The zero-order valence-corrected chi connectivity index (χ0v) is 17.4. The second-order valence-corrected chi connectivity index (χ2v) is 7.68. The van der Waals surface area contributed by atoms with Crippen LogP contribution in [0.25, 0.3) is 0 Å². The number of carbonyl (C=O) groups excluding carboxylic acids is 2. The van der Waals surface area contributed by atoms with Gasteiger partial charge in [0.05, 0.1) is 20.3 Å². The van der Waals surface area contributed by atoms with Crippen molar-refractivity contribution in [3.8, 4) is 11.5 Å². The van der Waals surface area contributed by atoms with Crippen LogP contribution in [0.5, 0.6) is 11.5 Å². The van der Waals surface area contributed by atoms with Crippen molar-refractivity contribution in [3.63, 3.8) is 0 Å². The van der Waals surface area contributed by atoms with Gasteiger partial charge in [0.2, 0.25) is 5.43 Å². The van der Waals surface area contributed by atoms with Gasteiger partial charge in [0.25, 0.3) is 11.8 Å². The van der Waals surface area contributed by atoms with Crippen LogP contribution in [0, 0.1) is 5.82 Å². The second kappa shape index (κ2) is 8.41. The number of methoxy groups -OCH3 is 2. The predicted octanol–water partition coefficient (Wildman–Crippen LogP) is 2.12. The highest BCUT2D eigenvalue weighted by Gasteiger charge is 2.36. The summed E-state index contributed by atoms with van der Waals surface area (Å²) < 4.78 is 26.3. The van der Waals surface area contributed by atoms with E-state index in [1.165, 1.54) is 32.5 Å². The summed E-state index contributed by atoms with van der Waals surface area (Å²) in [4.78, 5) is 40.5. The molecule has 1 aromatic carbocycles. The molecular formula is C22H24FN3O5. The van der Waals surface area contributed by atoms with Crippen LogP contribution in [0.15, 0.2) is 29.2 Å². The molecule has 2 bridgehead atoms. The van der Waals surface area contributed by atoms with Crippen molar-refractivity contribution in [3.05, 3.63) is 57.3 Å². The summed E-state index contributed by atoms with van der Waals surface area (Å²) in [6.07, 6.45) is 4.10. The van der Waals surface area contributed by atoms with Crippen molar-refractivity contribution in [1.82, 2.24) is 14.8 Å². The van der Waals surface area contributed by atoms with Crippen LogP contribution < -0.4 is 20.2 Å². The number of benzene rings is 1. The minimum atomic E-state index is -0.663. The lowest BCUT2D eigenvalue weighted by Gasteiger charge is -2.34. The molecule has 9 heteroatoms. The van der Waals surface area contributed by atoms with E-state index in [2.05, 4.69) is 5.32 Å². The van der Waals surface area contributed by atoms with Crippen molar-refractivity contribution in [2.45, 2.75) is 31.8 Å². The number of ether oxygens (including phenoxy) is 2. The summed E-state index contributed by atoms with van der Waals surface area (Å²) >= 11 is 0. The van der Waals surface area contributed by atoms with Gasteiger partial charge in [-0.05, 0) is 25.3 Å². The number of fused-ring (bicyclic) bond motifs is 4. The highest BCUT2D eigenvalue weighted by atomic mass is 19.1. The number of halogens is 1. The Balaban J connectivity index is 1.68. The molecule has 2 aromatic rings. The molecule has 0 radical (unpaired) electrons. The first-order chi connectivity index (χ1) is 15.0. The van der Waals surface area contributed by atoms with Crippen molar-refractivity contribution >= 4 is 11.8 Å². The van der Waals surface area contributed by atoms with Crippen LogP contribution in [0.4, 0.5) is 4.39 Å². The summed E-state index contributed by atoms with van der Waals surface area (Å²) in [5.41, 5.74) is -0.395. The average molecular weight is 429 g/mol. The minimum absolute atomic E-state index is 0.0351. The van der Waals surface area contributed by atoms with Crippen LogP contribution in [-0.4, -0.2) is 48.6 Å². The van der Waals surface area contributed by atoms with E-state index >= 15 is 0 Å². The van der Waals surface area contributed by atoms with Crippen molar-refractivity contribution in [2.75, 3.05) is 27.3 Å². The van der Waals surface area contributed by atoms with Crippen molar-refractivity contribution in [2.24, 2.45) is 0 Å². The molecule has 2 aliphatic rings. The predicted molar refractivity (Wildman–Crippen MR) is 110 cm³/mol. The summed E-state index contributed by atoms with van der Waals surface area (Å²) in [6.45, 7) is 1.05. The van der Waals surface area contributed by atoms with E-state index < -0.39 is 17.2 Å². The number of rotatable bonds is 5. The number of hydrogen-bond donors (Lipinski definition) is 1. The van der Waals surface area contributed by atoms with Gasteiger partial charge in [0.15, 0.2) is 23.0 Å². The summed E-state index contributed by atoms with van der Waals surface area (Å²) in [6, 6.07) is 4.59. The number of amides is 2. The fraction of sp³-hybridized carbons (Fsp3) is 0.409. The Hall–Kier alpha value is -3.36. The van der Waals surface area contributed by atoms with E-state index in [0.717, 1.165) is 19.3 Å². The molecule has 1 aromatic heterocycles. The third-order valence-electron chi connectivity index (χ3n) is 5.87. The lowest BCUT2D eigenvalue weighted by molar-refractivity contribution is 0.0676. The first kappa shape index (κ1) is 20.9. The Morgan fingerprint density at radius 1 is 1.23 bits per heavy atom. The lowest BCUT2D eigenvalue weighted by atomic mass is 10.1. The topological polar surface area (TPSA) is 89.9 Å². The third-order valence-corrected chi connectivity index (χ3v) is 5.87. The van der Waals surface area contributed by atoms with Gasteiger partial charge in [0, 0.05) is 31.4 Å². The van der Waals surface area contributed by atoms with E-state index in [9.17, 15) is 18.8 Å². The Kier molecular flexibility index (Phi) is 5.67. The first-order valence-electron chi connectivity index (χ1n) is 10.2. The van der Waals surface area contributed by atoms with E-state index in [1.807, 2.05) is 0 Å². The molecule has 1 N–H and O–H groups in total. The standard InChI is InChI=1S/C22H24FN3O5/c1-30-16-8-5-6-13(17(16)23)10-24-21(28)15-12-26-14-7-3-4-9-25(11-14)22(29)18(26)20(31-2)19(15)27/h5-6,8,12,14H,3-4,7,9-11H2,1-2H3,(H,24,28)/t14-/m0/s1. The van der Waals surface area contributed by atoms with E-state index in [1.54, 1.807) is 15.5 Å². The Morgan fingerprint density at radius 2 is 2.03 bits per heavy atom. The highest BCUT2D eigenvalue weighted by Crippen LogP contribution is 2.32. The Bertz CT molecular complexity index is 1100. The number of hydrogen-bond acceptors (Lipinski definition) is 5. The van der Waals surface area contributed by atoms with Gasteiger partial charge in [0.1, 0.15) is 5.56 Å². The van der Waals surface area contributed by atoms with Crippen LogP contribution in [0.3, 0.4) is 0 Å². The molecule has 1 saturated heterocycles. The SMILES string of the molecule is COc1cccc(CNC(=O)c2cn3c(c(OC)c2=O)C(=O)N2CCCC[C@H]3C2)c1F. The van der Waals surface area contributed by atoms with Crippen LogP contribution in [-0.2, 0) is 6.54 Å². The zero-order valence-electron chi connectivity index (χ0n) is 17.4.